The molecule has 0 aromatic carbocycles. The smallest absolute Gasteiger partial charge is 0.227 e. The number of carbonyl (C=O) groups excluding carboxylic acids is 1. The highest BCUT2D eigenvalue weighted by molar-refractivity contribution is 6.03. The predicted octanol–water partition coefficient (Wildman–Crippen LogP) is 1.14. The maximum absolute atomic E-state index is 12.8. The predicted molar refractivity (Wildman–Crippen MR) is 101 cm³/mol. The van der Waals surface area contributed by atoms with Gasteiger partial charge < -0.3 is 19.7 Å². The lowest BCUT2D eigenvalue weighted by molar-refractivity contribution is 0.0959. The first-order valence-corrected chi connectivity index (χ1v) is 9.43. The van der Waals surface area contributed by atoms with Crippen LogP contribution in [0.25, 0.3) is 0 Å². The van der Waals surface area contributed by atoms with E-state index in [0.29, 0.717) is 36.7 Å². The van der Waals surface area contributed by atoms with E-state index in [1.54, 1.807) is 13.3 Å². The Morgan fingerprint density at radius 1 is 1.26 bits per heavy atom. The zero-order valence-corrected chi connectivity index (χ0v) is 15.5. The van der Waals surface area contributed by atoms with Gasteiger partial charge in [-0.2, -0.15) is 4.98 Å². The van der Waals surface area contributed by atoms with Crippen LogP contribution in [0.15, 0.2) is 22.8 Å². The van der Waals surface area contributed by atoms with E-state index in [1.165, 1.54) is 0 Å². The summed E-state index contributed by atoms with van der Waals surface area (Å²) in [7, 11) is 1.79. The third-order valence-electron chi connectivity index (χ3n) is 5.38. The molecule has 4 rings (SSSR count). The lowest BCUT2D eigenvalue weighted by Gasteiger charge is -2.35. The number of β-amino-alcohol motifs (C(OH)–C–C–N with tert-alkyl or cyclic N) is 1. The maximum Gasteiger partial charge on any atom is 0.227 e. The van der Waals surface area contributed by atoms with Gasteiger partial charge in [0.25, 0.3) is 0 Å². The van der Waals surface area contributed by atoms with E-state index in [9.17, 15) is 4.79 Å². The second kappa shape index (κ2) is 7.66. The molecule has 0 bridgehead atoms. The number of ketones is 1. The number of aliphatic hydroxyl groups is 1. The Labute approximate surface area is 158 Å². The third-order valence-corrected chi connectivity index (χ3v) is 5.38. The van der Waals surface area contributed by atoms with Gasteiger partial charge in [0.05, 0.1) is 24.1 Å². The molecular formula is C19H25N5O3. The number of anilines is 2. The summed E-state index contributed by atoms with van der Waals surface area (Å²) < 4.78 is 5.53. The number of Topliss-reactive ketones (excluding diaryl/α,β-unsaturated/α-hetero) is 1. The van der Waals surface area contributed by atoms with Crippen LogP contribution >= 0.6 is 0 Å². The third kappa shape index (κ3) is 3.54. The summed E-state index contributed by atoms with van der Waals surface area (Å²) in [5.41, 5.74) is 1.41. The van der Waals surface area contributed by atoms with E-state index < -0.39 is 0 Å². The van der Waals surface area contributed by atoms with Crippen LogP contribution in [0, 0.1) is 0 Å². The minimum Gasteiger partial charge on any atom is -0.469 e. The largest absolute Gasteiger partial charge is 0.469 e. The standard InChI is InChI=1S/C19H25N5O3/c1-20-18-17-14(11-13(12-15(17)26)16-3-2-10-27-16)21-19(22-18)24-6-4-23(5-7-24)8-9-25/h2-3,10,13,25H,4-9,11-12H2,1H3,(H,20,21,22)/t13-/m0/s1. The Morgan fingerprint density at radius 3 is 2.74 bits per heavy atom. The van der Waals surface area contributed by atoms with Gasteiger partial charge in [0, 0.05) is 58.5 Å². The summed E-state index contributed by atoms with van der Waals surface area (Å²) in [6.45, 7) is 4.21. The SMILES string of the molecule is CNc1nc(N2CCN(CCO)CC2)nc2c1C(=O)C[C@@H](c1ccco1)C2. The van der Waals surface area contributed by atoms with Crippen LogP contribution in [0.4, 0.5) is 11.8 Å². The first-order chi connectivity index (χ1) is 13.2. The second-order valence-corrected chi connectivity index (χ2v) is 7.04. The molecule has 0 unspecified atom stereocenters. The fourth-order valence-electron chi connectivity index (χ4n) is 3.93. The first-order valence-electron chi connectivity index (χ1n) is 9.43. The molecule has 2 aromatic rings. The van der Waals surface area contributed by atoms with Gasteiger partial charge in [-0.3, -0.25) is 9.69 Å². The molecule has 27 heavy (non-hydrogen) atoms. The highest BCUT2D eigenvalue weighted by Gasteiger charge is 2.33. The minimum absolute atomic E-state index is 0.0221. The van der Waals surface area contributed by atoms with Crippen LogP contribution in [-0.4, -0.2) is 72.1 Å². The number of carbonyl (C=O) groups is 1. The number of aromatic nitrogens is 2. The number of hydrogen-bond donors (Lipinski definition) is 2. The monoisotopic (exact) mass is 371 g/mol. The van der Waals surface area contributed by atoms with E-state index in [1.807, 2.05) is 12.1 Å². The summed E-state index contributed by atoms with van der Waals surface area (Å²) in [5.74, 6) is 2.18. The highest BCUT2D eigenvalue weighted by Crippen LogP contribution is 2.35. The van der Waals surface area contributed by atoms with Crippen molar-refractivity contribution in [1.29, 1.82) is 0 Å². The zero-order valence-electron chi connectivity index (χ0n) is 15.5. The van der Waals surface area contributed by atoms with Crippen molar-refractivity contribution in [2.24, 2.45) is 0 Å². The molecular weight excluding hydrogens is 346 g/mol. The van der Waals surface area contributed by atoms with Gasteiger partial charge in [-0.25, -0.2) is 4.98 Å². The second-order valence-electron chi connectivity index (χ2n) is 7.04. The van der Waals surface area contributed by atoms with Gasteiger partial charge in [-0.05, 0) is 12.1 Å². The molecule has 0 radical (unpaired) electrons. The van der Waals surface area contributed by atoms with Gasteiger partial charge in [-0.1, -0.05) is 0 Å². The maximum atomic E-state index is 12.8. The normalized spacial score (nSPS) is 20.6. The number of hydrogen-bond acceptors (Lipinski definition) is 8. The van der Waals surface area contributed by atoms with Crippen molar-refractivity contribution >= 4 is 17.5 Å². The van der Waals surface area contributed by atoms with Crippen molar-refractivity contribution < 1.29 is 14.3 Å². The molecule has 1 aliphatic carbocycles. The lowest BCUT2D eigenvalue weighted by atomic mass is 9.84. The van der Waals surface area contributed by atoms with E-state index in [0.717, 1.165) is 37.6 Å². The molecule has 144 valence electrons. The molecule has 1 aliphatic heterocycles. The number of nitrogens with zero attached hydrogens (tertiary/aromatic N) is 4. The van der Waals surface area contributed by atoms with Crippen molar-refractivity contribution in [1.82, 2.24) is 14.9 Å². The molecule has 2 N–H and O–H groups in total. The quantitative estimate of drug-likeness (QED) is 0.808. The summed E-state index contributed by atoms with van der Waals surface area (Å²) in [6, 6.07) is 3.77. The Hall–Kier alpha value is -2.45. The van der Waals surface area contributed by atoms with Gasteiger partial charge in [0.2, 0.25) is 5.95 Å². The number of aliphatic hydroxyl groups excluding tert-OH is 1. The Bertz CT molecular complexity index is 800. The summed E-state index contributed by atoms with van der Waals surface area (Å²) in [4.78, 5) is 26.5. The Balaban J connectivity index is 1.61. The molecule has 2 aromatic heterocycles. The van der Waals surface area contributed by atoms with E-state index in [4.69, 9.17) is 14.5 Å². The number of nitrogens with one attached hydrogen (secondary N) is 1. The van der Waals surface area contributed by atoms with E-state index in [-0.39, 0.29) is 18.3 Å². The fourth-order valence-corrected chi connectivity index (χ4v) is 3.93. The van der Waals surface area contributed by atoms with Crippen LogP contribution in [0.1, 0.15) is 34.2 Å². The molecule has 0 spiro atoms. The summed E-state index contributed by atoms with van der Waals surface area (Å²) >= 11 is 0. The van der Waals surface area contributed by atoms with Crippen LogP contribution < -0.4 is 10.2 Å². The van der Waals surface area contributed by atoms with Crippen molar-refractivity contribution in [2.75, 3.05) is 56.6 Å². The van der Waals surface area contributed by atoms with Gasteiger partial charge >= 0.3 is 0 Å². The molecule has 0 amide bonds. The van der Waals surface area contributed by atoms with Crippen LogP contribution in [-0.2, 0) is 6.42 Å². The fraction of sp³-hybridized carbons (Fsp3) is 0.526. The average Bonchev–Trinajstić information content (AvgIpc) is 3.22. The molecule has 3 heterocycles. The Kier molecular flexibility index (Phi) is 5.09. The molecule has 1 saturated heterocycles. The van der Waals surface area contributed by atoms with Crippen molar-refractivity contribution in [2.45, 2.75) is 18.8 Å². The molecule has 8 heteroatoms. The van der Waals surface area contributed by atoms with Gasteiger partial charge in [0.1, 0.15) is 11.6 Å². The molecule has 8 nitrogen and oxygen atoms in total. The van der Waals surface area contributed by atoms with Crippen molar-refractivity contribution in [3.8, 4) is 0 Å². The molecule has 1 fully saturated rings. The minimum atomic E-state index is 0.0221. The van der Waals surface area contributed by atoms with Gasteiger partial charge in [0.15, 0.2) is 5.78 Å². The van der Waals surface area contributed by atoms with Crippen molar-refractivity contribution in [3.63, 3.8) is 0 Å². The van der Waals surface area contributed by atoms with E-state index >= 15 is 0 Å². The number of rotatable bonds is 5. The van der Waals surface area contributed by atoms with Crippen LogP contribution in [0.5, 0.6) is 0 Å². The summed E-state index contributed by atoms with van der Waals surface area (Å²) in [6.07, 6.45) is 2.73. The van der Waals surface area contributed by atoms with Crippen LogP contribution in [0.3, 0.4) is 0 Å². The number of furan rings is 1. The zero-order chi connectivity index (χ0) is 18.8. The van der Waals surface area contributed by atoms with Gasteiger partial charge in [-0.15, -0.1) is 0 Å². The van der Waals surface area contributed by atoms with Crippen molar-refractivity contribution in [3.05, 3.63) is 35.4 Å². The number of fused-ring (bicyclic) bond motifs is 1. The van der Waals surface area contributed by atoms with E-state index in [2.05, 4.69) is 20.1 Å². The van der Waals surface area contributed by atoms with Crippen LogP contribution in [0.2, 0.25) is 0 Å². The molecule has 1 atom stereocenters. The average molecular weight is 371 g/mol. The Morgan fingerprint density at radius 2 is 2.07 bits per heavy atom. The lowest BCUT2D eigenvalue weighted by Crippen LogP contribution is -2.48. The topological polar surface area (TPSA) is 94.7 Å². The summed E-state index contributed by atoms with van der Waals surface area (Å²) in [5, 5.41) is 12.2. The first kappa shape index (κ1) is 17.9. The highest BCUT2D eigenvalue weighted by atomic mass is 16.3. The number of piperazine rings is 1. The molecule has 2 aliphatic rings. The molecule has 0 saturated carbocycles.